The van der Waals surface area contributed by atoms with E-state index in [2.05, 4.69) is 34.5 Å². The number of benzene rings is 2. The molecule has 43 heavy (non-hydrogen) atoms. The number of aliphatic hydroxyl groups is 1. The first-order valence-corrected chi connectivity index (χ1v) is 14.5. The van der Waals surface area contributed by atoms with E-state index in [1.54, 1.807) is 0 Å². The smallest absolute Gasteiger partial charge is 0.378 e. The van der Waals surface area contributed by atoms with Crippen LogP contribution in [0.3, 0.4) is 0 Å². The predicted molar refractivity (Wildman–Crippen MR) is 151 cm³/mol. The molecule has 7 rings (SSSR count). The van der Waals surface area contributed by atoms with Crippen LogP contribution < -0.4 is 5.56 Å². The lowest BCUT2D eigenvalue weighted by Gasteiger charge is -2.24. The lowest BCUT2D eigenvalue weighted by atomic mass is 9.92. The molecule has 3 heterocycles. The number of nitrogens with one attached hydrogen (secondary N) is 1. The first kappa shape index (κ1) is 27.6. The molecule has 1 amide bonds. The molecule has 0 saturated heterocycles. The number of rotatable bonds is 6. The van der Waals surface area contributed by atoms with Crippen LogP contribution in [0.1, 0.15) is 78.0 Å². The van der Waals surface area contributed by atoms with E-state index in [4.69, 9.17) is 4.98 Å². The SMILES string of the molecule is O=C([C@H](O)c1cccc(C(F)(F)F)c1)N1CCCc2nc(C3(c4cccc(-c5cnn(C6CC6)c5)c4)CC3)[nH]c(=O)c2C1. The van der Waals surface area contributed by atoms with Gasteiger partial charge < -0.3 is 15.0 Å². The third kappa shape index (κ3) is 5.15. The number of carbonyl (C=O) groups is 1. The quantitative estimate of drug-likeness (QED) is 0.327. The maximum absolute atomic E-state index is 13.4. The molecule has 2 saturated carbocycles. The summed E-state index contributed by atoms with van der Waals surface area (Å²) in [6.45, 7) is 0.155. The van der Waals surface area contributed by atoms with Gasteiger partial charge in [-0.25, -0.2) is 4.98 Å². The zero-order valence-electron chi connectivity index (χ0n) is 23.3. The van der Waals surface area contributed by atoms with Crippen LogP contribution in [0, 0.1) is 0 Å². The first-order valence-electron chi connectivity index (χ1n) is 14.5. The van der Waals surface area contributed by atoms with Gasteiger partial charge in [-0.1, -0.05) is 36.4 Å². The van der Waals surface area contributed by atoms with Crippen molar-refractivity contribution < 1.29 is 23.1 Å². The normalized spacial score (nSPS) is 18.6. The standard InChI is InChI=1S/C32H30F3N5O3/c33-32(34,35)23-7-2-5-20(15-23)27(41)29(43)39-13-3-8-26-25(18-39)28(42)38-30(37-26)31(11-12-31)22-6-1-4-19(14-22)21-16-36-40(17-21)24-9-10-24/h1-2,4-7,14-17,24,27,41H,3,8-13,18H2,(H,37,38,42)/t27-/m1/s1. The molecule has 0 radical (unpaired) electrons. The topological polar surface area (TPSA) is 104 Å². The van der Waals surface area contributed by atoms with Crippen molar-refractivity contribution in [1.29, 1.82) is 0 Å². The van der Waals surface area contributed by atoms with E-state index in [0.29, 0.717) is 36.0 Å². The van der Waals surface area contributed by atoms with Gasteiger partial charge in [0.2, 0.25) is 0 Å². The number of amides is 1. The Balaban J connectivity index is 1.14. The monoisotopic (exact) mass is 589 g/mol. The van der Waals surface area contributed by atoms with Gasteiger partial charge in [-0.2, -0.15) is 18.3 Å². The number of hydrogen-bond donors (Lipinski definition) is 2. The van der Waals surface area contributed by atoms with Gasteiger partial charge in [0.05, 0.1) is 41.0 Å². The van der Waals surface area contributed by atoms with Crippen LogP contribution in [0.5, 0.6) is 0 Å². The molecule has 0 bridgehead atoms. The van der Waals surface area contributed by atoms with Crippen molar-refractivity contribution in [2.75, 3.05) is 6.54 Å². The summed E-state index contributed by atoms with van der Waals surface area (Å²) in [7, 11) is 0. The van der Waals surface area contributed by atoms with Crippen molar-refractivity contribution in [3.63, 3.8) is 0 Å². The number of aliphatic hydroxyl groups excluding tert-OH is 1. The van der Waals surface area contributed by atoms with Gasteiger partial charge in [-0.15, -0.1) is 0 Å². The van der Waals surface area contributed by atoms with Crippen molar-refractivity contribution >= 4 is 5.91 Å². The van der Waals surface area contributed by atoms with Crippen LogP contribution >= 0.6 is 0 Å². The number of aromatic amines is 1. The summed E-state index contributed by atoms with van der Waals surface area (Å²) in [4.78, 5) is 35.9. The number of halogens is 3. The van der Waals surface area contributed by atoms with Crippen LogP contribution in [0.4, 0.5) is 13.2 Å². The number of hydrogen-bond acceptors (Lipinski definition) is 5. The largest absolute Gasteiger partial charge is 0.416 e. The third-order valence-electron chi connectivity index (χ3n) is 8.84. The van der Waals surface area contributed by atoms with Crippen LogP contribution in [0.2, 0.25) is 0 Å². The van der Waals surface area contributed by atoms with Crippen LogP contribution in [-0.2, 0) is 29.4 Å². The molecule has 2 aromatic heterocycles. The third-order valence-corrected chi connectivity index (χ3v) is 8.84. The minimum absolute atomic E-state index is 0.0831. The second-order valence-corrected chi connectivity index (χ2v) is 11.8. The molecular formula is C32H30F3N5O3. The summed E-state index contributed by atoms with van der Waals surface area (Å²) in [6.07, 6.45) is 2.54. The van der Waals surface area contributed by atoms with Gasteiger partial charge in [0, 0.05) is 18.3 Å². The minimum Gasteiger partial charge on any atom is -0.378 e. The highest BCUT2D eigenvalue weighted by Gasteiger charge is 2.49. The fourth-order valence-electron chi connectivity index (χ4n) is 6.05. The molecule has 3 aliphatic rings. The molecule has 2 N–H and O–H groups in total. The average Bonchev–Trinajstić information content (AvgIpc) is 3.94. The fraction of sp³-hybridized carbons (Fsp3) is 0.375. The van der Waals surface area contributed by atoms with E-state index in [1.807, 2.05) is 16.9 Å². The van der Waals surface area contributed by atoms with E-state index < -0.39 is 29.2 Å². The molecular weight excluding hydrogens is 559 g/mol. The number of H-pyrrole nitrogens is 1. The Labute approximate surface area is 245 Å². The predicted octanol–water partition coefficient (Wildman–Crippen LogP) is 5.08. The van der Waals surface area contributed by atoms with Gasteiger partial charge in [0.15, 0.2) is 6.10 Å². The van der Waals surface area contributed by atoms with Crippen LogP contribution in [0.15, 0.2) is 65.7 Å². The van der Waals surface area contributed by atoms with Gasteiger partial charge in [-0.05, 0) is 67.3 Å². The molecule has 2 aromatic carbocycles. The van der Waals surface area contributed by atoms with E-state index in [-0.39, 0.29) is 24.2 Å². The lowest BCUT2D eigenvalue weighted by Crippen LogP contribution is -2.36. The second-order valence-electron chi connectivity index (χ2n) is 11.8. The highest BCUT2D eigenvalue weighted by molar-refractivity contribution is 5.82. The van der Waals surface area contributed by atoms with Crippen molar-refractivity contribution in [3.05, 3.63) is 105 Å². The number of aromatic nitrogens is 4. The summed E-state index contributed by atoms with van der Waals surface area (Å²) >= 11 is 0. The molecule has 2 aliphatic carbocycles. The zero-order valence-corrected chi connectivity index (χ0v) is 23.3. The van der Waals surface area contributed by atoms with Crippen LogP contribution in [-0.4, -0.2) is 42.2 Å². The molecule has 2 fully saturated rings. The van der Waals surface area contributed by atoms with Gasteiger partial charge in [0.25, 0.3) is 11.5 Å². The minimum atomic E-state index is -4.60. The number of carbonyl (C=O) groups excluding carboxylic acids is 1. The molecule has 1 aliphatic heterocycles. The van der Waals surface area contributed by atoms with E-state index in [9.17, 15) is 27.9 Å². The molecule has 0 unspecified atom stereocenters. The maximum atomic E-state index is 13.4. The Morgan fingerprint density at radius 3 is 2.63 bits per heavy atom. The molecule has 8 nitrogen and oxygen atoms in total. The van der Waals surface area contributed by atoms with Crippen molar-refractivity contribution in [1.82, 2.24) is 24.6 Å². The van der Waals surface area contributed by atoms with Gasteiger partial charge >= 0.3 is 6.18 Å². The summed E-state index contributed by atoms with van der Waals surface area (Å²) in [5.74, 6) is -0.151. The summed E-state index contributed by atoms with van der Waals surface area (Å²) in [5.41, 5.74) is 2.27. The molecule has 0 spiro atoms. The Kier molecular flexibility index (Phi) is 6.53. The number of fused-ring (bicyclic) bond motifs is 1. The Hall–Kier alpha value is -4.25. The summed E-state index contributed by atoms with van der Waals surface area (Å²) < 4.78 is 41.6. The van der Waals surface area contributed by atoms with Crippen molar-refractivity contribution in [3.8, 4) is 11.1 Å². The average molecular weight is 590 g/mol. The molecule has 4 aromatic rings. The summed E-state index contributed by atoms with van der Waals surface area (Å²) in [5, 5.41) is 15.2. The number of nitrogens with zero attached hydrogens (tertiary/aromatic N) is 4. The Morgan fingerprint density at radius 1 is 1.09 bits per heavy atom. The molecule has 1 atom stereocenters. The highest BCUT2D eigenvalue weighted by atomic mass is 19.4. The summed E-state index contributed by atoms with van der Waals surface area (Å²) in [6, 6.07) is 12.9. The van der Waals surface area contributed by atoms with E-state index >= 15 is 0 Å². The number of aryl methyl sites for hydroxylation is 1. The Bertz CT molecular complexity index is 1770. The van der Waals surface area contributed by atoms with Crippen molar-refractivity contribution in [2.24, 2.45) is 0 Å². The highest BCUT2D eigenvalue weighted by Crippen LogP contribution is 2.52. The van der Waals surface area contributed by atoms with E-state index in [1.165, 1.54) is 11.0 Å². The van der Waals surface area contributed by atoms with E-state index in [0.717, 1.165) is 60.6 Å². The lowest BCUT2D eigenvalue weighted by molar-refractivity contribution is -0.142. The first-order chi connectivity index (χ1) is 20.6. The second kappa shape index (κ2) is 10.2. The van der Waals surface area contributed by atoms with Crippen LogP contribution in [0.25, 0.3) is 11.1 Å². The zero-order chi connectivity index (χ0) is 29.9. The maximum Gasteiger partial charge on any atom is 0.416 e. The van der Waals surface area contributed by atoms with Crippen molar-refractivity contribution in [2.45, 2.75) is 68.8 Å². The molecule has 222 valence electrons. The number of alkyl halides is 3. The van der Waals surface area contributed by atoms with Gasteiger partial charge in [0.1, 0.15) is 5.82 Å². The van der Waals surface area contributed by atoms with Gasteiger partial charge in [-0.3, -0.25) is 14.3 Å². The Morgan fingerprint density at radius 2 is 1.88 bits per heavy atom. The fourth-order valence-corrected chi connectivity index (χ4v) is 6.05. The molecule has 11 heteroatoms.